The van der Waals surface area contributed by atoms with Gasteiger partial charge in [0.15, 0.2) is 0 Å². The minimum absolute atomic E-state index is 0.0480. The quantitative estimate of drug-likeness (QED) is 0.501. The molecule has 22 heavy (non-hydrogen) atoms. The van der Waals surface area contributed by atoms with Gasteiger partial charge in [0.25, 0.3) is 0 Å². The second kappa shape index (κ2) is 5.00. The lowest BCUT2D eigenvalue weighted by molar-refractivity contribution is 0.104. The number of hydrogen-bond donors (Lipinski definition) is 0. The predicted molar refractivity (Wildman–Crippen MR) is 87.1 cm³/mol. The number of allylic oxidation sites excluding steroid dienone is 1. The lowest BCUT2D eigenvalue weighted by Crippen LogP contribution is -2.04. The Kier molecular flexibility index (Phi) is 2.98. The van der Waals surface area contributed by atoms with Crippen molar-refractivity contribution < 1.29 is 9.21 Å². The highest BCUT2D eigenvalue weighted by molar-refractivity contribution is 8.04. The van der Waals surface area contributed by atoms with E-state index in [0.29, 0.717) is 21.6 Å². The van der Waals surface area contributed by atoms with Crippen LogP contribution in [0, 0.1) is 0 Å². The SMILES string of the molecule is O=C1/C(=C\c2cc3ccccc3oc2=O)Sc2ccccc21. The number of thioether (sulfide) groups is 1. The molecule has 0 saturated heterocycles. The molecule has 1 aliphatic heterocycles. The molecule has 3 nitrogen and oxygen atoms in total. The van der Waals surface area contributed by atoms with Crippen molar-refractivity contribution in [3.8, 4) is 0 Å². The summed E-state index contributed by atoms with van der Waals surface area (Å²) in [4.78, 5) is 25.9. The zero-order valence-corrected chi connectivity index (χ0v) is 12.2. The van der Waals surface area contributed by atoms with Crippen LogP contribution in [0.15, 0.2) is 73.6 Å². The third-order valence-corrected chi connectivity index (χ3v) is 4.63. The molecular weight excluding hydrogens is 296 g/mol. The Labute approximate surface area is 130 Å². The zero-order chi connectivity index (χ0) is 15.1. The Balaban J connectivity index is 1.83. The van der Waals surface area contributed by atoms with Gasteiger partial charge < -0.3 is 4.42 Å². The fourth-order valence-electron chi connectivity index (χ4n) is 2.46. The van der Waals surface area contributed by atoms with Crippen LogP contribution in [0.4, 0.5) is 0 Å². The summed E-state index contributed by atoms with van der Waals surface area (Å²) in [5.41, 5.74) is 1.19. The molecule has 1 aliphatic rings. The number of rotatable bonds is 1. The molecule has 2 heterocycles. The monoisotopic (exact) mass is 306 g/mol. The summed E-state index contributed by atoms with van der Waals surface area (Å²) >= 11 is 1.38. The summed E-state index contributed by atoms with van der Waals surface area (Å²) in [6.07, 6.45) is 1.62. The number of hydrogen-bond acceptors (Lipinski definition) is 4. The fourth-order valence-corrected chi connectivity index (χ4v) is 3.50. The topological polar surface area (TPSA) is 47.3 Å². The van der Waals surface area contributed by atoms with Crippen LogP contribution in [0.1, 0.15) is 15.9 Å². The van der Waals surface area contributed by atoms with Crippen molar-refractivity contribution in [3.63, 3.8) is 0 Å². The molecule has 0 bridgehead atoms. The van der Waals surface area contributed by atoms with Gasteiger partial charge in [-0.1, -0.05) is 42.1 Å². The highest BCUT2D eigenvalue weighted by atomic mass is 32.2. The molecular formula is C18H10O3S. The third kappa shape index (κ3) is 2.09. The lowest BCUT2D eigenvalue weighted by Gasteiger charge is -1.99. The largest absolute Gasteiger partial charge is 0.422 e. The first kappa shape index (κ1) is 13.1. The van der Waals surface area contributed by atoms with E-state index in [1.807, 2.05) is 36.4 Å². The third-order valence-electron chi connectivity index (χ3n) is 3.53. The van der Waals surface area contributed by atoms with E-state index in [1.165, 1.54) is 11.8 Å². The Morgan fingerprint density at radius 3 is 2.59 bits per heavy atom. The number of carbonyl (C=O) groups excluding carboxylic acids is 1. The van der Waals surface area contributed by atoms with E-state index in [9.17, 15) is 9.59 Å². The average Bonchev–Trinajstić information content (AvgIpc) is 2.85. The predicted octanol–water partition coefficient (Wildman–Crippen LogP) is 4.12. The number of Topliss-reactive ketones (excluding diaryl/α,β-unsaturated/α-hetero) is 1. The van der Waals surface area contributed by atoms with Crippen molar-refractivity contribution in [3.05, 3.63) is 81.0 Å². The molecule has 0 aliphatic carbocycles. The van der Waals surface area contributed by atoms with Gasteiger partial charge in [-0.3, -0.25) is 4.79 Å². The second-order valence-electron chi connectivity index (χ2n) is 4.96. The molecule has 1 aromatic heterocycles. The highest BCUT2D eigenvalue weighted by Gasteiger charge is 2.25. The molecule has 0 N–H and O–H groups in total. The van der Waals surface area contributed by atoms with Crippen LogP contribution in [0.25, 0.3) is 17.0 Å². The summed E-state index contributed by atoms with van der Waals surface area (Å²) in [7, 11) is 0. The molecule has 4 rings (SSSR count). The van der Waals surface area contributed by atoms with E-state index in [1.54, 1.807) is 24.3 Å². The number of benzene rings is 2. The molecule has 3 aromatic rings. The van der Waals surface area contributed by atoms with Gasteiger partial charge in [-0.25, -0.2) is 4.79 Å². The first-order valence-electron chi connectivity index (χ1n) is 6.78. The van der Waals surface area contributed by atoms with Crippen molar-refractivity contribution in [2.75, 3.05) is 0 Å². The van der Waals surface area contributed by atoms with Gasteiger partial charge in [0.1, 0.15) is 5.58 Å². The lowest BCUT2D eigenvalue weighted by atomic mass is 10.1. The Bertz CT molecular complexity index is 998. The van der Waals surface area contributed by atoms with Gasteiger partial charge in [-0.2, -0.15) is 0 Å². The van der Waals surface area contributed by atoms with Gasteiger partial charge in [0, 0.05) is 15.8 Å². The summed E-state index contributed by atoms with van der Waals surface area (Å²) in [5, 5.41) is 0.835. The van der Waals surface area contributed by atoms with Crippen LogP contribution in [0.2, 0.25) is 0 Å². The van der Waals surface area contributed by atoms with Gasteiger partial charge in [-0.15, -0.1) is 0 Å². The van der Waals surface area contributed by atoms with Crippen LogP contribution in [-0.2, 0) is 0 Å². The summed E-state index contributed by atoms with van der Waals surface area (Å²) in [6, 6.07) is 16.5. The fraction of sp³-hybridized carbons (Fsp3) is 0. The molecule has 2 aromatic carbocycles. The van der Waals surface area contributed by atoms with E-state index in [0.717, 1.165) is 10.3 Å². The van der Waals surface area contributed by atoms with Crippen LogP contribution in [-0.4, -0.2) is 5.78 Å². The highest BCUT2D eigenvalue weighted by Crippen LogP contribution is 2.40. The molecule has 0 radical (unpaired) electrons. The van der Waals surface area contributed by atoms with E-state index in [-0.39, 0.29) is 5.78 Å². The number of fused-ring (bicyclic) bond motifs is 2. The zero-order valence-electron chi connectivity index (χ0n) is 11.4. The molecule has 0 unspecified atom stereocenters. The first-order valence-corrected chi connectivity index (χ1v) is 7.60. The standard InChI is InChI=1S/C18H10O3S/c19-17-13-6-2-4-8-15(13)22-16(17)10-12-9-11-5-1-3-7-14(11)21-18(12)20/h1-10H/b16-10+. The Hall–Kier alpha value is -2.59. The van der Waals surface area contributed by atoms with Crippen LogP contribution < -0.4 is 5.63 Å². The maximum absolute atomic E-state index is 12.4. The first-order chi connectivity index (χ1) is 10.7. The van der Waals surface area contributed by atoms with E-state index >= 15 is 0 Å². The van der Waals surface area contributed by atoms with E-state index in [4.69, 9.17) is 4.42 Å². The Morgan fingerprint density at radius 2 is 1.73 bits per heavy atom. The van der Waals surface area contributed by atoms with Gasteiger partial charge >= 0.3 is 5.63 Å². The maximum Gasteiger partial charge on any atom is 0.343 e. The molecule has 0 fully saturated rings. The van der Waals surface area contributed by atoms with Crippen LogP contribution >= 0.6 is 11.8 Å². The average molecular weight is 306 g/mol. The summed E-state index contributed by atoms with van der Waals surface area (Å²) in [5.74, 6) is -0.0480. The maximum atomic E-state index is 12.4. The van der Waals surface area contributed by atoms with Crippen LogP contribution in [0.5, 0.6) is 0 Å². The van der Waals surface area contributed by atoms with Gasteiger partial charge in [0.2, 0.25) is 5.78 Å². The van der Waals surface area contributed by atoms with Gasteiger partial charge in [0.05, 0.1) is 10.5 Å². The van der Waals surface area contributed by atoms with E-state index in [2.05, 4.69) is 0 Å². The van der Waals surface area contributed by atoms with Crippen molar-refractivity contribution in [1.82, 2.24) is 0 Å². The number of ketones is 1. The van der Waals surface area contributed by atoms with Crippen LogP contribution in [0.3, 0.4) is 0 Å². The summed E-state index contributed by atoms with van der Waals surface area (Å²) in [6.45, 7) is 0. The molecule has 106 valence electrons. The van der Waals surface area contributed by atoms with E-state index < -0.39 is 5.63 Å². The molecule has 0 saturated carbocycles. The number of para-hydroxylation sites is 1. The van der Waals surface area contributed by atoms with Crippen molar-refractivity contribution in [2.45, 2.75) is 4.90 Å². The molecule has 4 heteroatoms. The summed E-state index contributed by atoms with van der Waals surface area (Å²) < 4.78 is 5.29. The van der Waals surface area contributed by atoms with Crippen molar-refractivity contribution in [2.24, 2.45) is 0 Å². The van der Waals surface area contributed by atoms with Crippen molar-refractivity contribution >= 4 is 34.6 Å². The molecule has 0 amide bonds. The minimum Gasteiger partial charge on any atom is -0.422 e. The van der Waals surface area contributed by atoms with Crippen molar-refractivity contribution in [1.29, 1.82) is 0 Å². The molecule has 0 atom stereocenters. The number of carbonyl (C=O) groups is 1. The Morgan fingerprint density at radius 1 is 0.955 bits per heavy atom. The van der Waals surface area contributed by atoms with Gasteiger partial charge in [-0.05, 0) is 30.3 Å². The minimum atomic E-state index is -0.435. The second-order valence-corrected chi connectivity index (χ2v) is 6.05. The molecule has 0 spiro atoms. The normalized spacial score (nSPS) is 15.5. The smallest absolute Gasteiger partial charge is 0.343 e.